The number of guanidine groups is 1. The summed E-state index contributed by atoms with van der Waals surface area (Å²) in [5.41, 5.74) is 2.72. The second-order valence-electron chi connectivity index (χ2n) is 9.11. The summed E-state index contributed by atoms with van der Waals surface area (Å²) in [6, 6.07) is 11.0. The Morgan fingerprint density at radius 3 is 2.30 bits per heavy atom. The maximum atomic E-state index is 4.43. The van der Waals surface area contributed by atoms with Gasteiger partial charge in [0.25, 0.3) is 0 Å². The van der Waals surface area contributed by atoms with E-state index in [0.29, 0.717) is 18.1 Å². The van der Waals surface area contributed by atoms with E-state index >= 15 is 0 Å². The minimum absolute atomic E-state index is 0. The summed E-state index contributed by atoms with van der Waals surface area (Å²) in [6.45, 7) is 12.4. The van der Waals surface area contributed by atoms with Gasteiger partial charge in [0.2, 0.25) is 0 Å². The van der Waals surface area contributed by atoms with Crippen LogP contribution in [0.25, 0.3) is 0 Å². The van der Waals surface area contributed by atoms with Crippen LogP contribution in [0.1, 0.15) is 64.0 Å². The number of hydrogen-bond donors (Lipinski definition) is 2. The summed E-state index contributed by atoms with van der Waals surface area (Å²) < 4.78 is 0. The van der Waals surface area contributed by atoms with Crippen molar-refractivity contribution in [2.75, 3.05) is 26.7 Å². The molecule has 0 spiro atoms. The third kappa shape index (κ3) is 7.68. The van der Waals surface area contributed by atoms with Crippen LogP contribution < -0.4 is 10.6 Å². The highest BCUT2D eigenvalue weighted by atomic mass is 127. The Bertz CT molecular complexity index is 638. The second-order valence-corrected chi connectivity index (χ2v) is 9.11. The fourth-order valence-electron chi connectivity index (χ4n) is 4.52. The van der Waals surface area contributed by atoms with E-state index < -0.39 is 0 Å². The third-order valence-electron chi connectivity index (χ3n) is 6.63. The maximum absolute atomic E-state index is 4.43. The molecule has 2 saturated heterocycles. The Balaban J connectivity index is 0.00000320. The molecule has 5 nitrogen and oxygen atoms in total. The van der Waals surface area contributed by atoms with Crippen LogP contribution in [-0.2, 0) is 13.1 Å². The smallest absolute Gasteiger partial charge is 0.191 e. The van der Waals surface area contributed by atoms with E-state index in [1.165, 1.54) is 62.9 Å². The van der Waals surface area contributed by atoms with Crippen molar-refractivity contribution in [3.8, 4) is 0 Å². The van der Waals surface area contributed by atoms with Gasteiger partial charge in [0, 0.05) is 51.4 Å². The Morgan fingerprint density at radius 2 is 1.70 bits per heavy atom. The molecule has 1 aromatic rings. The summed E-state index contributed by atoms with van der Waals surface area (Å²) in [5, 5.41) is 7.10. The highest BCUT2D eigenvalue weighted by Gasteiger charge is 2.21. The van der Waals surface area contributed by atoms with E-state index in [0.717, 1.165) is 19.0 Å². The van der Waals surface area contributed by atoms with Crippen molar-refractivity contribution in [3.05, 3.63) is 35.4 Å². The van der Waals surface area contributed by atoms with Crippen molar-refractivity contribution < 1.29 is 0 Å². The van der Waals surface area contributed by atoms with Gasteiger partial charge in [-0.05, 0) is 64.1 Å². The number of benzene rings is 1. The minimum atomic E-state index is 0. The number of nitrogens with zero attached hydrogens (tertiary/aromatic N) is 3. The van der Waals surface area contributed by atoms with Crippen molar-refractivity contribution in [2.24, 2.45) is 4.99 Å². The van der Waals surface area contributed by atoms with Crippen LogP contribution in [0.5, 0.6) is 0 Å². The molecule has 0 saturated carbocycles. The van der Waals surface area contributed by atoms with E-state index in [1.807, 2.05) is 7.05 Å². The Hall–Kier alpha value is -0.860. The lowest BCUT2D eigenvalue weighted by Gasteiger charge is -2.35. The van der Waals surface area contributed by atoms with E-state index in [1.54, 1.807) is 0 Å². The molecular weight excluding hydrogens is 485 g/mol. The van der Waals surface area contributed by atoms with Crippen LogP contribution in [0, 0.1) is 0 Å². The molecule has 0 radical (unpaired) electrons. The second kappa shape index (κ2) is 12.9. The molecular formula is C24H42IN5. The van der Waals surface area contributed by atoms with E-state index in [-0.39, 0.29) is 24.0 Å². The quantitative estimate of drug-likeness (QED) is 0.331. The SMILES string of the molecule is CN=C(NCc1ccc(CN2CCCCC2C)cc1)NC1CCN(C(C)C)CC1.I. The monoisotopic (exact) mass is 527 g/mol. The lowest BCUT2D eigenvalue weighted by atomic mass is 10.0. The number of aliphatic imine (C=N–C) groups is 1. The van der Waals surface area contributed by atoms with E-state index in [9.17, 15) is 0 Å². The number of likely N-dealkylation sites (tertiary alicyclic amines) is 2. The number of rotatable bonds is 6. The average molecular weight is 528 g/mol. The summed E-state index contributed by atoms with van der Waals surface area (Å²) >= 11 is 0. The van der Waals surface area contributed by atoms with Gasteiger partial charge in [0.1, 0.15) is 0 Å². The molecule has 3 rings (SSSR count). The van der Waals surface area contributed by atoms with E-state index in [4.69, 9.17) is 0 Å². The Labute approximate surface area is 201 Å². The first-order valence-electron chi connectivity index (χ1n) is 11.6. The van der Waals surface area contributed by atoms with Crippen molar-refractivity contribution in [3.63, 3.8) is 0 Å². The van der Waals surface area contributed by atoms with Crippen molar-refractivity contribution >= 4 is 29.9 Å². The first-order chi connectivity index (χ1) is 14.0. The summed E-state index contributed by atoms with van der Waals surface area (Å²) in [7, 11) is 1.86. The van der Waals surface area contributed by atoms with Crippen LogP contribution in [0.3, 0.4) is 0 Å². The zero-order valence-corrected chi connectivity index (χ0v) is 21.7. The van der Waals surface area contributed by atoms with Crippen LogP contribution in [0.15, 0.2) is 29.3 Å². The molecule has 1 aromatic carbocycles. The lowest BCUT2D eigenvalue weighted by Crippen LogP contribution is -2.49. The number of piperidine rings is 2. The van der Waals surface area contributed by atoms with Gasteiger partial charge in [0.05, 0.1) is 0 Å². The number of halogens is 1. The van der Waals surface area contributed by atoms with Gasteiger partial charge in [0.15, 0.2) is 5.96 Å². The van der Waals surface area contributed by atoms with Crippen LogP contribution in [0.2, 0.25) is 0 Å². The topological polar surface area (TPSA) is 42.9 Å². The summed E-state index contributed by atoms with van der Waals surface area (Å²) in [5.74, 6) is 0.916. The molecule has 1 atom stereocenters. The van der Waals surface area contributed by atoms with Crippen molar-refractivity contribution in [1.29, 1.82) is 0 Å². The number of nitrogens with one attached hydrogen (secondary N) is 2. The lowest BCUT2D eigenvalue weighted by molar-refractivity contribution is 0.152. The highest BCUT2D eigenvalue weighted by molar-refractivity contribution is 14.0. The minimum Gasteiger partial charge on any atom is -0.354 e. The van der Waals surface area contributed by atoms with Gasteiger partial charge < -0.3 is 15.5 Å². The fourth-order valence-corrected chi connectivity index (χ4v) is 4.52. The van der Waals surface area contributed by atoms with Gasteiger partial charge in [-0.2, -0.15) is 0 Å². The fraction of sp³-hybridized carbons (Fsp3) is 0.708. The first kappa shape index (κ1) is 25.4. The van der Waals surface area contributed by atoms with Crippen LogP contribution in [-0.4, -0.2) is 60.6 Å². The molecule has 6 heteroatoms. The largest absolute Gasteiger partial charge is 0.354 e. The molecule has 0 aliphatic carbocycles. The van der Waals surface area contributed by atoms with Crippen molar-refractivity contribution in [1.82, 2.24) is 20.4 Å². The maximum Gasteiger partial charge on any atom is 0.191 e. The van der Waals surface area contributed by atoms with Crippen molar-refractivity contribution in [2.45, 2.75) is 84.1 Å². The molecule has 2 aliphatic rings. The molecule has 0 bridgehead atoms. The molecule has 0 aromatic heterocycles. The van der Waals surface area contributed by atoms with Gasteiger partial charge >= 0.3 is 0 Å². The van der Waals surface area contributed by atoms with Gasteiger partial charge in [-0.25, -0.2) is 0 Å². The molecule has 2 aliphatic heterocycles. The molecule has 2 heterocycles. The Morgan fingerprint density at radius 1 is 1.03 bits per heavy atom. The van der Waals surface area contributed by atoms with Gasteiger partial charge in [-0.3, -0.25) is 9.89 Å². The molecule has 170 valence electrons. The average Bonchev–Trinajstić information content (AvgIpc) is 2.74. The predicted octanol–water partition coefficient (Wildman–Crippen LogP) is 4.22. The number of hydrogen-bond acceptors (Lipinski definition) is 3. The normalized spacial score (nSPS) is 22.0. The molecule has 30 heavy (non-hydrogen) atoms. The highest BCUT2D eigenvalue weighted by Crippen LogP contribution is 2.19. The first-order valence-corrected chi connectivity index (χ1v) is 11.6. The molecule has 2 N–H and O–H groups in total. The molecule has 2 fully saturated rings. The third-order valence-corrected chi connectivity index (χ3v) is 6.63. The molecule has 1 unspecified atom stereocenters. The summed E-state index contributed by atoms with van der Waals surface area (Å²) in [4.78, 5) is 9.60. The molecule has 0 amide bonds. The van der Waals surface area contributed by atoms with Crippen LogP contribution in [0.4, 0.5) is 0 Å². The van der Waals surface area contributed by atoms with Crippen LogP contribution >= 0.6 is 24.0 Å². The standard InChI is InChI=1S/C24H41N5.HI/c1-19(2)28-15-12-23(13-16-28)27-24(25-4)26-17-21-8-10-22(11-9-21)18-29-14-6-5-7-20(29)3;/h8-11,19-20,23H,5-7,12-18H2,1-4H3,(H2,25,26,27);1H. The van der Waals surface area contributed by atoms with E-state index in [2.05, 4.69) is 70.5 Å². The van der Waals surface area contributed by atoms with Gasteiger partial charge in [-0.15, -0.1) is 24.0 Å². The zero-order chi connectivity index (χ0) is 20.6. The zero-order valence-electron chi connectivity index (χ0n) is 19.4. The Kier molecular flexibility index (Phi) is 10.9. The predicted molar refractivity (Wildman–Crippen MR) is 139 cm³/mol. The summed E-state index contributed by atoms with van der Waals surface area (Å²) in [6.07, 6.45) is 6.43. The van der Waals surface area contributed by atoms with Gasteiger partial charge in [-0.1, -0.05) is 30.7 Å².